The molecule has 0 saturated heterocycles. The molecule has 0 atom stereocenters. The van der Waals surface area contributed by atoms with E-state index in [1.54, 1.807) is 0 Å². The first kappa shape index (κ1) is 30.5. The predicted molar refractivity (Wildman–Crippen MR) is 215 cm³/mol. The second-order valence-corrected chi connectivity index (χ2v) is 14.9. The second-order valence-electron chi connectivity index (χ2n) is 13.9. The van der Waals surface area contributed by atoms with Gasteiger partial charge < -0.3 is 0 Å². The number of nitrogens with zero attached hydrogens (tertiary/aromatic N) is 4. The zero-order chi connectivity index (χ0) is 34.8. The Labute approximate surface area is 306 Å². The van der Waals surface area contributed by atoms with Crippen LogP contribution in [0.3, 0.4) is 0 Å². The molecule has 9 aromatic rings. The Hall–Kier alpha value is -6.30. The monoisotopic (exact) mass is 684 g/mol. The van der Waals surface area contributed by atoms with Crippen LogP contribution in [0.2, 0.25) is 0 Å². The lowest BCUT2D eigenvalue weighted by atomic mass is 9.82. The predicted octanol–water partition coefficient (Wildman–Crippen LogP) is 12.3. The first-order valence-electron chi connectivity index (χ1n) is 17.5. The molecule has 0 spiro atoms. The highest BCUT2D eigenvalue weighted by molar-refractivity contribution is 7.26. The average molecular weight is 685 g/mol. The highest BCUT2D eigenvalue weighted by atomic mass is 32.1. The molecule has 0 aliphatic heterocycles. The third-order valence-corrected chi connectivity index (χ3v) is 11.7. The number of thiophene rings is 1. The number of rotatable bonds is 5. The van der Waals surface area contributed by atoms with Gasteiger partial charge in [0.15, 0.2) is 17.5 Å². The maximum absolute atomic E-state index is 5.22. The summed E-state index contributed by atoms with van der Waals surface area (Å²) in [5, 5.41) is 2.60. The summed E-state index contributed by atoms with van der Waals surface area (Å²) >= 11 is 1.85. The van der Waals surface area contributed by atoms with E-state index in [4.69, 9.17) is 15.0 Å². The number of fused-ring (bicyclic) bond motifs is 6. The molecule has 3 aromatic heterocycles. The van der Waals surface area contributed by atoms with Crippen LogP contribution >= 0.6 is 11.3 Å². The lowest BCUT2D eigenvalue weighted by molar-refractivity contribution is 0.660. The van der Waals surface area contributed by atoms with E-state index in [0.717, 1.165) is 27.8 Å². The topological polar surface area (TPSA) is 51.6 Å². The maximum Gasteiger partial charge on any atom is 0.164 e. The Balaban J connectivity index is 1.12. The molecule has 10 rings (SSSR count). The van der Waals surface area contributed by atoms with Crippen LogP contribution in [-0.2, 0) is 5.41 Å². The van der Waals surface area contributed by atoms with E-state index in [0.29, 0.717) is 17.5 Å². The van der Waals surface area contributed by atoms with Gasteiger partial charge in [-0.1, -0.05) is 141 Å². The maximum atomic E-state index is 5.22. The van der Waals surface area contributed by atoms with Crippen LogP contribution in [0.5, 0.6) is 0 Å². The van der Waals surface area contributed by atoms with Gasteiger partial charge in [-0.3, -0.25) is 4.98 Å². The molecule has 1 aliphatic rings. The third kappa shape index (κ3) is 4.89. The van der Waals surface area contributed by atoms with Gasteiger partial charge in [0, 0.05) is 54.7 Å². The molecule has 0 amide bonds. The van der Waals surface area contributed by atoms with E-state index in [-0.39, 0.29) is 5.41 Å². The van der Waals surface area contributed by atoms with Gasteiger partial charge in [0.25, 0.3) is 0 Å². The van der Waals surface area contributed by atoms with E-state index >= 15 is 0 Å². The number of aromatic nitrogens is 4. The summed E-state index contributed by atoms with van der Waals surface area (Å²) < 4.78 is 2.61. The van der Waals surface area contributed by atoms with Crippen molar-refractivity contribution in [3.05, 3.63) is 169 Å². The average Bonchev–Trinajstić information content (AvgIpc) is 3.70. The Morgan fingerprint density at radius 2 is 0.962 bits per heavy atom. The second kappa shape index (κ2) is 11.9. The Kier molecular flexibility index (Phi) is 6.98. The van der Waals surface area contributed by atoms with Crippen molar-refractivity contribution in [2.75, 3.05) is 0 Å². The summed E-state index contributed by atoms with van der Waals surface area (Å²) in [6, 6.07) is 51.7. The lowest BCUT2D eigenvalue weighted by Crippen LogP contribution is -2.14. The van der Waals surface area contributed by atoms with Crippen molar-refractivity contribution in [2.24, 2.45) is 0 Å². The standard InChI is InChI=1S/C47H32N4S/c1-47(2)39-14-5-3-10-37(39)42-38(13-8-15-40(42)47)46-50-44(32-21-17-29(18-22-32)30-25-27-48-28-26-30)49-45(51-46)33-23-19-31(20-24-33)34-11-7-12-36-35-9-4-6-16-41(35)52-43(34)36/h3-28H,1-2H3. The Morgan fingerprint density at radius 1 is 0.423 bits per heavy atom. The van der Waals surface area contributed by atoms with Gasteiger partial charge in [0.2, 0.25) is 0 Å². The lowest BCUT2D eigenvalue weighted by Gasteiger charge is -2.21. The zero-order valence-corrected chi connectivity index (χ0v) is 29.5. The largest absolute Gasteiger partial charge is 0.265 e. The van der Waals surface area contributed by atoms with Gasteiger partial charge in [0.1, 0.15) is 0 Å². The van der Waals surface area contributed by atoms with Crippen LogP contribution < -0.4 is 0 Å². The number of benzene rings is 6. The van der Waals surface area contributed by atoms with Gasteiger partial charge in [-0.15, -0.1) is 11.3 Å². The smallest absolute Gasteiger partial charge is 0.164 e. The molecular weight excluding hydrogens is 653 g/mol. The molecule has 246 valence electrons. The van der Waals surface area contributed by atoms with Crippen molar-refractivity contribution >= 4 is 31.5 Å². The Morgan fingerprint density at radius 3 is 1.73 bits per heavy atom. The molecule has 0 unspecified atom stereocenters. The minimum absolute atomic E-state index is 0.128. The van der Waals surface area contributed by atoms with Gasteiger partial charge in [-0.2, -0.15) is 0 Å². The normalized spacial score (nSPS) is 13.0. The molecule has 0 saturated carbocycles. The summed E-state index contributed by atoms with van der Waals surface area (Å²) in [6.07, 6.45) is 3.64. The summed E-state index contributed by atoms with van der Waals surface area (Å²) in [7, 11) is 0. The van der Waals surface area contributed by atoms with Crippen molar-refractivity contribution in [3.8, 4) is 67.5 Å². The summed E-state index contributed by atoms with van der Waals surface area (Å²) in [4.78, 5) is 19.7. The molecule has 6 aromatic carbocycles. The fourth-order valence-electron chi connectivity index (χ4n) is 7.82. The molecular formula is C47H32N4S. The van der Waals surface area contributed by atoms with E-state index in [2.05, 4.69) is 152 Å². The van der Waals surface area contributed by atoms with Crippen LogP contribution in [0, 0.1) is 0 Å². The van der Waals surface area contributed by atoms with Gasteiger partial charge in [-0.25, -0.2) is 15.0 Å². The van der Waals surface area contributed by atoms with Crippen molar-refractivity contribution in [3.63, 3.8) is 0 Å². The van der Waals surface area contributed by atoms with Gasteiger partial charge in [0.05, 0.1) is 0 Å². The molecule has 0 N–H and O–H groups in total. The van der Waals surface area contributed by atoms with E-state index in [1.807, 2.05) is 35.9 Å². The zero-order valence-electron chi connectivity index (χ0n) is 28.7. The van der Waals surface area contributed by atoms with E-state index in [9.17, 15) is 0 Å². The molecule has 0 bridgehead atoms. The quantitative estimate of drug-likeness (QED) is 0.181. The molecule has 1 aliphatic carbocycles. The summed E-state index contributed by atoms with van der Waals surface area (Å²) in [6.45, 7) is 4.61. The third-order valence-electron chi connectivity index (χ3n) is 10.5. The van der Waals surface area contributed by atoms with Crippen LogP contribution in [-0.4, -0.2) is 19.9 Å². The van der Waals surface area contributed by atoms with Gasteiger partial charge in [-0.05, 0) is 62.7 Å². The summed E-state index contributed by atoms with van der Waals surface area (Å²) in [5.41, 5.74) is 12.4. The van der Waals surface area contributed by atoms with Crippen LogP contribution in [0.1, 0.15) is 25.0 Å². The van der Waals surface area contributed by atoms with E-state index < -0.39 is 0 Å². The van der Waals surface area contributed by atoms with Crippen molar-refractivity contribution in [2.45, 2.75) is 19.3 Å². The number of pyridine rings is 1. The molecule has 3 heterocycles. The highest BCUT2D eigenvalue weighted by Crippen LogP contribution is 2.51. The fraction of sp³-hybridized carbons (Fsp3) is 0.0638. The molecule has 52 heavy (non-hydrogen) atoms. The van der Waals surface area contributed by atoms with Crippen LogP contribution in [0.15, 0.2) is 158 Å². The molecule has 4 nitrogen and oxygen atoms in total. The summed E-state index contributed by atoms with van der Waals surface area (Å²) in [5.74, 6) is 1.96. The van der Waals surface area contributed by atoms with Crippen LogP contribution in [0.4, 0.5) is 0 Å². The van der Waals surface area contributed by atoms with E-state index in [1.165, 1.54) is 53.6 Å². The Bertz CT molecular complexity index is 2800. The van der Waals surface area contributed by atoms with Crippen molar-refractivity contribution in [1.82, 2.24) is 19.9 Å². The first-order chi connectivity index (χ1) is 25.5. The van der Waals surface area contributed by atoms with Gasteiger partial charge >= 0.3 is 0 Å². The minimum atomic E-state index is -0.128. The molecule has 0 fully saturated rings. The van der Waals surface area contributed by atoms with Crippen molar-refractivity contribution < 1.29 is 0 Å². The molecule has 0 radical (unpaired) electrons. The van der Waals surface area contributed by atoms with Crippen LogP contribution in [0.25, 0.3) is 87.7 Å². The SMILES string of the molecule is CC1(C)c2ccccc2-c2c(-c3nc(-c4ccc(-c5ccncc5)cc4)nc(-c4ccc(-c5cccc6c5sc5ccccc56)cc4)n3)cccc21. The molecule has 5 heteroatoms. The fourth-order valence-corrected chi connectivity index (χ4v) is 9.06. The number of hydrogen-bond donors (Lipinski definition) is 0. The number of hydrogen-bond acceptors (Lipinski definition) is 5. The highest BCUT2D eigenvalue weighted by Gasteiger charge is 2.37. The minimum Gasteiger partial charge on any atom is -0.265 e. The first-order valence-corrected chi connectivity index (χ1v) is 18.4. The van der Waals surface area contributed by atoms with Crippen molar-refractivity contribution in [1.29, 1.82) is 0 Å².